The molecule has 0 bridgehead atoms. The zero-order valence-electron chi connectivity index (χ0n) is 18.0. The van der Waals surface area contributed by atoms with Crippen LogP contribution in [0, 0.1) is 5.82 Å². The average molecular weight is 564 g/mol. The van der Waals surface area contributed by atoms with Gasteiger partial charge in [0.15, 0.2) is 5.69 Å². The first-order valence-corrected chi connectivity index (χ1v) is 11.3. The number of nitrogens with zero attached hydrogens (tertiary/aromatic N) is 2. The number of fused-ring (bicyclic) bond motifs is 1. The highest BCUT2D eigenvalue weighted by molar-refractivity contribution is 9.10. The molecule has 0 fully saturated rings. The van der Waals surface area contributed by atoms with Gasteiger partial charge in [0.05, 0.1) is 29.8 Å². The largest absolute Gasteiger partial charge is 0.466 e. The van der Waals surface area contributed by atoms with Gasteiger partial charge in [-0.25, -0.2) is 14.2 Å². The van der Waals surface area contributed by atoms with E-state index in [1.807, 2.05) is 0 Å². The van der Waals surface area contributed by atoms with E-state index in [4.69, 9.17) is 21.1 Å². The molecule has 0 N–H and O–H groups in total. The fourth-order valence-electron chi connectivity index (χ4n) is 3.52. The number of carbonyl (C=O) groups excluding carboxylic acids is 2. The zero-order chi connectivity index (χ0) is 25.0. The van der Waals surface area contributed by atoms with E-state index in [2.05, 4.69) is 25.7 Å². The Labute approximate surface area is 205 Å². The number of hydrogen-bond donors (Lipinski definition) is 0. The van der Waals surface area contributed by atoms with Crippen LogP contribution in [-0.2, 0) is 14.3 Å². The molecule has 0 saturated carbocycles. The summed E-state index contributed by atoms with van der Waals surface area (Å²) in [6, 6.07) is 5.16. The average Bonchev–Trinajstić information content (AvgIpc) is 3.11. The van der Waals surface area contributed by atoms with E-state index in [0.717, 1.165) is 6.07 Å². The van der Waals surface area contributed by atoms with Gasteiger partial charge >= 0.3 is 18.6 Å². The van der Waals surface area contributed by atoms with Gasteiger partial charge < -0.3 is 18.6 Å². The second-order valence-electron chi connectivity index (χ2n) is 6.86. The maximum atomic E-state index is 14.2. The van der Waals surface area contributed by atoms with Crippen molar-refractivity contribution in [3.8, 4) is 5.75 Å². The molecule has 1 unspecified atom stereocenters. The molecule has 1 atom stereocenters. The summed E-state index contributed by atoms with van der Waals surface area (Å²) in [5.74, 6) is -3.65. The van der Waals surface area contributed by atoms with Crippen LogP contribution in [0.5, 0.6) is 5.75 Å². The van der Waals surface area contributed by atoms with Gasteiger partial charge in [0.1, 0.15) is 17.2 Å². The fraction of sp³-hybridized carbons (Fsp3) is 0.318. The molecule has 0 amide bonds. The molecule has 0 spiro atoms. The third kappa shape index (κ3) is 5.47. The van der Waals surface area contributed by atoms with Gasteiger partial charge in [-0.05, 0) is 41.9 Å². The summed E-state index contributed by atoms with van der Waals surface area (Å²) in [4.78, 5) is 29.6. The van der Waals surface area contributed by atoms with E-state index in [0.29, 0.717) is 0 Å². The smallest absolute Gasteiger partial charge is 0.387 e. The zero-order valence-corrected chi connectivity index (χ0v) is 20.3. The highest BCUT2D eigenvalue weighted by Gasteiger charge is 2.34. The van der Waals surface area contributed by atoms with Crippen molar-refractivity contribution in [1.29, 1.82) is 0 Å². The van der Waals surface area contributed by atoms with Crippen LogP contribution in [0.2, 0.25) is 5.02 Å². The Kier molecular flexibility index (Phi) is 8.42. The van der Waals surface area contributed by atoms with Crippen LogP contribution in [-0.4, -0.2) is 41.1 Å². The lowest BCUT2D eigenvalue weighted by atomic mass is 9.90. The standard InChI is InChI=1S/C22H19BrClF3N2O5/c1-3-32-17(30)8-11(18-13(24)6-5-7-15(18)34-22(26)27)20-19(21(31)33-4-2)28-16-9-14(25)12(23)10-29(16)20/h5-7,9-11,22H,3-4,8H2,1-2H3. The van der Waals surface area contributed by atoms with E-state index in [9.17, 15) is 22.8 Å². The Morgan fingerprint density at radius 3 is 2.56 bits per heavy atom. The Balaban J connectivity index is 2.36. The molecule has 182 valence electrons. The van der Waals surface area contributed by atoms with Crippen molar-refractivity contribution in [2.75, 3.05) is 13.2 Å². The molecule has 2 heterocycles. The first-order chi connectivity index (χ1) is 16.2. The number of ether oxygens (including phenoxy) is 3. The quantitative estimate of drug-likeness (QED) is 0.309. The van der Waals surface area contributed by atoms with Crippen molar-refractivity contribution in [3.63, 3.8) is 0 Å². The summed E-state index contributed by atoms with van der Waals surface area (Å²) in [7, 11) is 0. The maximum absolute atomic E-state index is 14.2. The molecule has 0 aliphatic carbocycles. The summed E-state index contributed by atoms with van der Waals surface area (Å²) in [6.07, 6.45) is 0.894. The number of rotatable bonds is 9. The second-order valence-corrected chi connectivity index (χ2v) is 8.12. The Morgan fingerprint density at radius 1 is 1.21 bits per heavy atom. The summed E-state index contributed by atoms with van der Waals surface area (Å²) < 4.78 is 56.8. The number of carbonyl (C=O) groups is 2. The van der Waals surface area contributed by atoms with Crippen LogP contribution >= 0.6 is 27.5 Å². The highest BCUT2D eigenvalue weighted by atomic mass is 79.9. The number of aromatic nitrogens is 2. The summed E-state index contributed by atoms with van der Waals surface area (Å²) in [5, 5.41) is -0.00150. The molecule has 3 rings (SSSR count). The predicted octanol–water partition coefficient (Wildman–Crippen LogP) is 5.75. The fourth-order valence-corrected chi connectivity index (χ4v) is 4.13. The summed E-state index contributed by atoms with van der Waals surface area (Å²) in [6.45, 7) is 0.0751. The predicted molar refractivity (Wildman–Crippen MR) is 120 cm³/mol. The summed E-state index contributed by atoms with van der Waals surface area (Å²) >= 11 is 9.48. The minimum absolute atomic E-state index is 0.00150. The number of hydrogen-bond acceptors (Lipinski definition) is 6. The van der Waals surface area contributed by atoms with E-state index in [1.54, 1.807) is 13.8 Å². The molecule has 0 radical (unpaired) electrons. The van der Waals surface area contributed by atoms with Crippen LogP contribution in [0.4, 0.5) is 13.2 Å². The van der Waals surface area contributed by atoms with Gasteiger partial charge in [-0.2, -0.15) is 8.78 Å². The van der Waals surface area contributed by atoms with Crippen LogP contribution < -0.4 is 4.74 Å². The lowest BCUT2D eigenvalue weighted by molar-refractivity contribution is -0.143. The minimum atomic E-state index is -3.18. The van der Waals surface area contributed by atoms with Gasteiger partial charge in [0, 0.05) is 28.8 Å². The number of benzene rings is 1. The molecule has 0 aliphatic heterocycles. The third-order valence-electron chi connectivity index (χ3n) is 4.75. The van der Waals surface area contributed by atoms with Crippen LogP contribution in [0.25, 0.3) is 5.65 Å². The van der Waals surface area contributed by atoms with Gasteiger partial charge in [-0.3, -0.25) is 4.79 Å². The van der Waals surface area contributed by atoms with E-state index in [-0.39, 0.29) is 51.1 Å². The van der Waals surface area contributed by atoms with Crippen molar-refractivity contribution >= 4 is 45.1 Å². The molecular formula is C22H19BrClF3N2O5. The van der Waals surface area contributed by atoms with Crippen molar-refractivity contribution in [3.05, 3.63) is 62.7 Å². The van der Waals surface area contributed by atoms with Crippen LogP contribution in [0.1, 0.15) is 47.9 Å². The molecular weight excluding hydrogens is 545 g/mol. The van der Waals surface area contributed by atoms with Gasteiger partial charge in [0.25, 0.3) is 0 Å². The first kappa shape index (κ1) is 25.8. The van der Waals surface area contributed by atoms with E-state index >= 15 is 0 Å². The van der Waals surface area contributed by atoms with Crippen molar-refractivity contribution in [2.24, 2.45) is 0 Å². The topological polar surface area (TPSA) is 79.1 Å². The van der Waals surface area contributed by atoms with Crippen LogP contribution in [0.3, 0.4) is 0 Å². The normalized spacial score (nSPS) is 12.1. The molecule has 0 saturated heterocycles. The van der Waals surface area contributed by atoms with E-state index < -0.39 is 36.7 Å². The minimum Gasteiger partial charge on any atom is -0.466 e. The molecule has 12 heteroatoms. The highest BCUT2D eigenvalue weighted by Crippen LogP contribution is 2.42. The molecule has 0 aliphatic rings. The van der Waals surface area contributed by atoms with E-state index in [1.165, 1.54) is 28.8 Å². The molecule has 2 aromatic heterocycles. The number of imidazole rings is 1. The van der Waals surface area contributed by atoms with Gasteiger partial charge in [0.2, 0.25) is 0 Å². The Morgan fingerprint density at radius 2 is 1.91 bits per heavy atom. The van der Waals surface area contributed by atoms with Gasteiger partial charge in [-0.1, -0.05) is 17.7 Å². The Bertz CT molecular complexity index is 1220. The van der Waals surface area contributed by atoms with Gasteiger partial charge in [-0.15, -0.1) is 0 Å². The third-order valence-corrected chi connectivity index (χ3v) is 5.67. The molecule has 7 nitrogen and oxygen atoms in total. The SMILES string of the molecule is CCOC(=O)CC(c1c(Cl)cccc1OC(F)F)c1c(C(=O)OCC)nc2cc(F)c(Br)cn12. The molecule has 3 aromatic rings. The Hall–Kier alpha value is -2.79. The lowest BCUT2D eigenvalue weighted by Gasteiger charge is -2.22. The monoisotopic (exact) mass is 562 g/mol. The van der Waals surface area contributed by atoms with Crippen molar-refractivity contribution < 1.29 is 37.0 Å². The molecule has 1 aromatic carbocycles. The van der Waals surface area contributed by atoms with Crippen LogP contribution in [0.15, 0.2) is 34.9 Å². The van der Waals surface area contributed by atoms with Crippen molar-refractivity contribution in [2.45, 2.75) is 32.8 Å². The second kappa shape index (κ2) is 11.1. The molecule has 34 heavy (non-hydrogen) atoms. The van der Waals surface area contributed by atoms with Crippen molar-refractivity contribution in [1.82, 2.24) is 9.38 Å². The number of pyridine rings is 1. The lowest BCUT2D eigenvalue weighted by Crippen LogP contribution is -2.19. The number of alkyl halides is 2. The maximum Gasteiger partial charge on any atom is 0.387 e. The first-order valence-electron chi connectivity index (χ1n) is 10.1. The summed E-state index contributed by atoms with van der Waals surface area (Å²) in [5.41, 5.74) is -0.146. The number of esters is 2. The number of halogens is 5.